The third-order valence-electron chi connectivity index (χ3n) is 2.03. The molecule has 0 aliphatic carbocycles. The molecule has 1 aliphatic heterocycles. The first-order valence-corrected chi connectivity index (χ1v) is 4.73. The standard InChI is InChI=1S/C10H17NO2/c1-2-4-11-5-7-13-9-10-3-6-12-8-10/h1,10-11H,3-9H2. The normalized spacial score (nSPS) is 21.6. The maximum absolute atomic E-state index is 5.45. The molecule has 1 fully saturated rings. The van der Waals surface area contributed by atoms with E-state index in [1.807, 2.05) is 0 Å². The Balaban J connectivity index is 1.81. The van der Waals surface area contributed by atoms with Crippen molar-refractivity contribution in [2.24, 2.45) is 5.92 Å². The largest absolute Gasteiger partial charge is 0.381 e. The highest BCUT2D eigenvalue weighted by molar-refractivity contribution is 4.86. The number of nitrogens with one attached hydrogen (secondary N) is 1. The maximum Gasteiger partial charge on any atom is 0.0591 e. The summed E-state index contributed by atoms with van der Waals surface area (Å²) in [5.41, 5.74) is 0. The van der Waals surface area contributed by atoms with E-state index in [0.29, 0.717) is 12.5 Å². The van der Waals surface area contributed by atoms with Crippen LogP contribution in [0.4, 0.5) is 0 Å². The smallest absolute Gasteiger partial charge is 0.0591 e. The van der Waals surface area contributed by atoms with Gasteiger partial charge in [-0.3, -0.25) is 0 Å². The molecule has 0 amide bonds. The SMILES string of the molecule is C#CCNCCOCC1CCOC1. The van der Waals surface area contributed by atoms with Crippen LogP contribution in [0.15, 0.2) is 0 Å². The Morgan fingerprint density at radius 2 is 2.54 bits per heavy atom. The topological polar surface area (TPSA) is 30.5 Å². The molecular weight excluding hydrogens is 166 g/mol. The molecule has 1 unspecified atom stereocenters. The summed E-state index contributed by atoms with van der Waals surface area (Å²) in [7, 11) is 0. The molecular formula is C10H17NO2. The molecule has 1 atom stereocenters. The average molecular weight is 183 g/mol. The molecule has 0 bridgehead atoms. The third kappa shape index (κ3) is 4.89. The lowest BCUT2D eigenvalue weighted by Gasteiger charge is -2.08. The van der Waals surface area contributed by atoms with Crippen LogP contribution in [-0.4, -0.2) is 39.5 Å². The van der Waals surface area contributed by atoms with Crippen LogP contribution in [0.2, 0.25) is 0 Å². The molecule has 0 radical (unpaired) electrons. The molecule has 13 heavy (non-hydrogen) atoms. The maximum atomic E-state index is 5.45. The highest BCUT2D eigenvalue weighted by atomic mass is 16.5. The van der Waals surface area contributed by atoms with Gasteiger partial charge in [0.1, 0.15) is 0 Å². The summed E-state index contributed by atoms with van der Waals surface area (Å²) >= 11 is 0. The van der Waals surface area contributed by atoms with E-state index >= 15 is 0 Å². The Kier molecular flexibility index (Phi) is 5.59. The fourth-order valence-corrected chi connectivity index (χ4v) is 1.27. The van der Waals surface area contributed by atoms with E-state index in [-0.39, 0.29) is 0 Å². The zero-order chi connectivity index (χ0) is 9.36. The van der Waals surface area contributed by atoms with Gasteiger partial charge in [0, 0.05) is 19.1 Å². The summed E-state index contributed by atoms with van der Waals surface area (Å²) in [5, 5.41) is 3.07. The van der Waals surface area contributed by atoms with E-state index < -0.39 is 0 Å². The Bertz CT molecular complexity index is 159. The average Bonchev–Trinajstić information content (AvgIpc) is 2.63. The first-order chi connectivity index (χ1) is 6.43. The molecule has 1 aliphatic rings. The minimum Gasteiger partial charge on any atom is -0.381 e. The molecule has 1 N–H and O–H groups in total. The number of hydrogen-bond donors (Lipinski definition) is 1. The second-order valence-corrected chi connectivity index (χ2v) is 3.19. The summed E-state index contributed by atoms with van der Waals surface area (Å²) in [5.74, 6) is 3.12. The predicted octanol–water partition coefficient (Wildman–Crippen LogP) is 0.262. The molecule has 3 nitrogen and oxygen atoms in total. The van der Waals surface area contributed by atoms with Crippen LogP contribution in [0.3, 0.4) is 0 Å². The molecule has 0 spiro atoms. The second kappa shape index (κ2) is 6.90. The zero-order valence-electron chi connectivity index (χ0n) is 7.92. The van der Waals surface area contributed by atoms with Crippen LogP contribution >= 0.6 is 0 Å². The van der Waals surface area contributed by atoms with Gasteiger partial charge < -0.3 is 14.8 Å². The van der Waals surface area contributed by atoms with Crippen molar-refractivity contribution in [3.05, 3.63) is 0 Å². The molecule has 0 aromatic heterocycles. The molecule has 3 heteroatoms. The summed E-state index contributed by atoms with van der Waals surface area (Å²) < 4.78 is 10.7. The van der Waals surface area contributed by atoms with Crippen LogP contribution in [-0.2, 0) is 9.47 Å². The Morgan fingerprint density at radius 1 is 1.62 bits per heavy atom. The highest BCUT2D eigenvalue weighted by Gasteiger charge is 2.14. The molecule has 74 valence electrons. The first kappa shape index (κ1) is 10.5. The summed E-state index contributed by atoms with van der Waals surface area (Å²) in [6.45, 7) is 4.75. The zero-order valence-corrected chi connectivity index (χ0v) is 7.92. The van der Waals surface area contributed by atoms with E-state index in [1.165, 1.54) is 0 Å². The fraction of sp³-hybridized carbons (Fsp3) is 0.800. The summed E-state index contributed by atoms with van der Waals surface area (Å²) in [6, 6.07) is 0. The van der Waals surface area contributed by atoms with Gasteiger partial charge in [0.2, 0.25) is 0 Å². The quantitative estimate of drug-likeness (QED) is 0.473. The monoisotopic (exact) mass is 183 g/mol. The van der Waals surface area contributed by atoms with Crippen LogP contribution in [0, 0.1) is 18.3 Å². The van der Waals surface area contributed by atoms with Crippen LogP contribution in [0.1, 0.15) is 6.42 Å². The van der Waals surface area contributed by atoms with E-state index in [9.17, 15) is 0 Å². The van der Waals surface area contributed by atoms with Gasteiger partial charge in [-0.25, -0.2) is 0 Å². The minimum absolute atomic E-state index is 0.604. The van der Waals surface area contributed by atoms with Gasteiger partial charge in [0.05, 0.1) is 26.4 Å². The van der Waals surface area contributed by atoms with E-state index in [1.54, 1.807) is 0 Å². The van der Waals surface area contributed by atoms with Gasteiger partial charge in [-0.15, -0.1) is 6.42 Å². The van der Waals surface area contributed by atoms with Gasteiger partial charge in [0.15, 0.2) is 0 Å². The van der Waals surface area contributed by atoms with Gasteiger partial charge in [0.25, 0.3) is 0 Å². The van der Waals surface area contributed by atoms with Crippen molar-refractivity contribution < 1.29 is 9.47 Å². The number of ether oxygens (including phenoxy) is 2. The third-order valence-corrected chi connectivity index (χ3v) is 2.03. The number of rotatable bonds is 6. The van der Waals surface area contributed by atoms with E-state index in [2.05, 4.69) is 11.2 Å². The lowest BCUT2D eigenvalue weighted by atomic mass is 10.1. The Labute approximate surface area is 79.8 Å². The van der Waals surface area contributed by atoms with Crippen molar-refractivity contribution in [3.8, 4) is 12.3 Å². The molecule has 1 saturated heterocycles. The van der Waals surface area contributed by atoms with Crippen molar-refractivity contribution in [1.82, 2.24) is 5.32 Å². The molecule has 0 saturated carbocycles. The number of terminal acetylenes is 1. The van der Waals surface area contributed by atoms with Gasteiger partial charge >= 0.3 is 0 Å². The van der Waals surface area contributed by atoms with Crippen molar-refractivity contribution in [2.75, 3.05) is 39.5 Å². The van der Waals surface area contributed by atoms with Gasteiger partial charge in [-0.1, -0.05) is 5.92 Å². The summed E-state index contributed by atoms with van der Waals surface area (Å²) in [4.78, 5) is 0. The Hall–Kier alpha value is -0.560. The second-order valence-electron chi connectivity index (χ2n) is 3.19. The van der Waals surface area contributed by atoms with Crippen LogP contribution < -0.4 is 5.32 Å². The van der Waals surface area contributed by atoms with Crippen LogP contribution in [0.25, 0.3) is 0 Å². The number of hydrogen-bond acceptors (Lipinski definition) is 3. The molecule has 0 aromatic carbocycles. The Morgan fingerprint density at radius 3 is 3.23 bits per heavy atom. The lowest BCUT2D eigenvalue weighted by molar-refractivity contribution is 0.0918. The van der Waals surface area contributed by atoms with Crippen LogP contribution in [0.5, 0.6) is 0 Å². The fourth-order valence-electron chi connectivity index (χ4n) is 1.27. The van der Waals surface area contributed by atoms with Gasteiger partial charge in [-0.05, 0) is 6.42 Å². The van der Waals surface area contributed by atoms with Gasteiger partial charge in [-0.2, -0.15) is 0 Å². The van der Waals surface area contributed by atoms with E-state index in [4.69, 9.17) is 15.9 Å². The minimum atomic E-state index is 0.604. The lowest BCUT2D eigenvalue weighted by Crippen LogP contribution is -2.21. The summed E-state index contributed by atoms with van der Waals surface area (Å²) in [6.07, 6.45) is 6.21. The van der Waals surface area contributed by atoms with E-state index in [0.717, 1.165) is 39.4 Å². The molecule has 1 rings (SSSR count). The van der Waals surface area contributed by atoms with Crippen molar-refractivity contribution >= 4 is 0 Å². The molecule has 1 heterocycles. The predicted molar refractivity (Wildman–Crippen MR) is 51.4 cm³/mol. The van der Waals surface area contributed by atoms with Crippen molar-refractivity contribution in [3.63, 3.8) is 0 Å². The van der Waals surface area contributed by atoms with Crippen molar-refractivity contribution in [1.29, 1.82) is 0 Å². The van der Waals surface area contributed by atoms with Crippen molar-refractivity contribution in [2.45, 2.75) is 6.42 Å². The highest BCUT2D eigenvalue weighted by Crippen LogP contribution is 2.11. The first-order valence-electron chi connectivity index (χ1n) is 4.73. The molecule has 0 aromatic rings.